The van der Waals surface area contributed by atoms with Crippen LogP contribution in [0.25, 0.3) is 0 Å². The fraction of sp³-hybridized carbons (Fsp3) is 0.387. The number of benzene rings is 2. The van der Waals surface area contributed by atoms with Gasteiger partial charge in [-0.05, 0) is 74.2 Å². The van der Waals surface area contributed by atoms with Gasteiger partial charge in [-0.2, -0.15) is 13.2 Å². The number of ether oxygens (including phenoxy) is 1. The molecule has 228 valence electrons. The summed E-state index contributed by atoms with van der Waals surface area (Å²) in [4.78, 5) is 33.2. The van der Waals surface area contributed by atoms with Gasteiger partial charge in [0.1, 0.15) is 17.2 Å². The monoisotopic (exact) mass is 596 g/mol. The smallest absolute Gasteiger partial charge is 0.416 e. The highest BCUT2D eigenvalue weighted by atomic mass is 19.4. The Hall–Kier alpha value is -4.16. The van der Waals surface area contributed by atoms with Crippen molar-refractivity contribution in [2.24, 2.45) is 0 Å². The van der Waals surface area contributed by atoms with Gasteiger partial charge in [-0.15, -0.1) is 0 Å². The molecule has 9 nitrogen and oxygen atoms in total. The molecule has 0 radical (unpaired) electrons. The fourth-order valence-electron chi connectivity index (χ4n) is 5.49. The zero-order chi connectivity index (χ0) is 30.6. The minimum Gasteiger partial charge on any atom is -0.457 e. The first kappa shape index (κ1) is 30.3. The van der Waals surface area contributed by atoms with Crippen LogP contribution in [0.3, 0.4) is 0 Å². The van der Waals surface area contributed by atoms with Gasteiger partial charge in [-0.25, -0.2) is 4.79 Å². The quantitative estimate of drug-likeness (QED) is 0.332. The highest BCUT2D eigenvalue weighted by Crippen LogP contribution is 2.38. The molecule has 0 unspecified atom stereocenters. The lowest BCUT2D eigenvalue weighted by Gasteiger charge is -2.33. The maximum Gasteiger partial charge on any atom is 0.416 e. The van der Waals surface area contributed by atoms with E-state index in [1.807, 2.05) is 11.9 Å². The van der Waals surface area contributed by atoms with E-state index < -0.39 is 17.8 Å². The van der Waals surface area contributed by atoms with E-state index in [1.165, 1.54) is 25.4 Å². The highest BCUT2D eigenvalue weighted by molar-refractivity contribution is 6.00. The van der Waals surface area contributed by atoms with Crippen LogP contribution in [-0.2, 0) is 25.6 Å². The maximum absolute atomic E-state index is 14.0. The van der Waals surface area contributed by atoms with Crippen LogP contribution < -0.4 is 20.7 Å². The summed E-state index contributed by atoms with van der Waals surface area (Å²) in [6.07, 6.45) is 0.253. The summed E-state index contributed by atoms with van der Waals surface area (Å²) in [5.74, 6) is 0.738. The van der Waals surface area contributed by atoms with Gasteiger partial charge in [0, 0.05) is 69.0 Å². The number of fused-ring (bicyclic) bond motifs is 1. The molecular weight excluding hydrogens is 561 g/mol. The molecule has 5 rings (SSSR count). The van der Waals surface area contributed by atoms with E-state index in [2.05, 4.69) is 25.8 Å². The number of amides is 3. The third-order valence-corrected chi connectivity index (χ3v) is 7.82. The van der Waals surface area contributed by atoms with Crippen molar-refractivity contribution in [1.82, 2.24) is 20.1 Å². The lowest BCUT2D eigenvalue weighted by Crippen LogP contribution is -2.44. The molecule has 1 aromatic heterocycles. The summed E-state index contributed by atoms with van der Waals surface area (Å²) in [6.45, 7) is 3.21. The third kappa shape index (κ3) is 7.44. The van der Waals surface area contributed by atoms with Gasteiger partial charge in [0.2, 0.25) is 0 Å². The summed E-state index contributed by atoms with van der Waals surface area (Å²) in [5, 5.41) is 7.93. The van der Waals surface area contributed by atoms with Crippen molar-refractivity contribution in [2.45, 2.75) is 38.4 Å². The first-order chi connectivity index (χ1) is 20.6. The molecule has 3 aromatic rings. The van der Waals surface area contributed by atoms with Gasteiger partial charge in [0.15, 0.2) is 0 Å². The lowest BCUT2D eigenvalue weighted by atomic mass is 9.89. The number of hydrogen-bond donors (Lipinski definition) is 3. The molecule has 1 aliphatic heterocycles. The Morgan fingerprint density at radius 2 is 1.70 bits per heavy atom. The van der Waals surface area contributed by atoms with Crippen LogP contribution in [0.2, 0.25) is 0 Å². The summed E-state index contributed by atoms with van der Waals surface area (Å²) >= 11 is 0. The van der Waals surface area contributed by atoms with Gasteiger partial charge in [0.25, 0.3) is 5.91 Å². The van der Waals surface area contributed by atoms with Crippen LogP contribution in [0, 0.1) is 0 Å². The Morgan fingerprint density at radius 3 is 2.42 bits per heavy atom. The molecule has 0 saturated carbocycles. The first-order valence-electron chi connectivity index (χ1n) is 14.3. The van der Waals surface area contributed by atoms with Crippen molar-refractivity contribution in [2.75, 3.05) is 50.9 Å². The third-order valence-electron chi connectivity index (χ3n) is 7.82. The Balaban J connectivity index is 1.31. The van der Waals surface area contributed by atoms with E-state index in [4.69, 9.17) is 4.74 Å². The zero-order valence-corrected chi connectivity index (χ0v) is 24.2. The number of urea groups is 1. The number of piperazine rings is 1. The van der Waals surface area contributed by atoms with E-state index >= 15 is 0 Å². The molecule has 43 heavy (non-hydrogen) atoms. The predicted molar refractivity (Wildman–Crippen MR) is 158 cm³/mol. The van der Waals surface area contributed by atoms with Crippen LogP contribution in [0.15, 0.2) is 48.7 Å². The molecule has 0 atom stereocenters. The summed E-state index contributed by atoms with van der Waals surface area (Å²) in [5.41, 5.74) is 2.15. The standard InChI is InChI=1S/C31H35F3N6O3/c1-35-29(41)27-18-22(11-12-36-27)43-28-10-9-26(23-5-3-4-6-24(23)28)38-30(42)37-21-8-7-20(25(17-21)31(32,33)34)19-40-15-13-39(2)14-16-40/h7-12,17-18H,3-6,13-16,19H2,1-2H3,(H,35,41)(H2,37,38,42). The number of rotatable bonds is 7. The van der Waals surface area contributed by atoms with Crippen LogP contribution in [0.1, 0.15) is 45.6 Å². The van der Waals surface area contributed by atoms with Gasteiger partial charge < -0.3 is 25.6 Å². The number of aromatic nitrogens is 1. The van der Waals surface area contributed by atoms with Crippen molar-refractivity contribution in [3.8, 4) is 11.5 Å². The van der Waals surface area contributed by atoms with E-state index in [1.54, 1.807) is 24.3 Å². The van der Waals surface area contributed by atoms with Crippen molar-refractivity contribution in [3.05, 3.63) is 76.6 Å². The Kier molecular flexibility index (Phi) is 9.16. The number of alkyl halides is 3. The van der Waals surface area contributed by atoms with Crippen molar-refractivity contribution >= 4 is 23.3 Å². The Morgan fingerprint density at radius 1 is 0.953 bits per heavy atom. The number of carbonyl (C=O) groups is 2. The van der Waals surface area contributed by atoms with Gasteiger partial charge in [-0.3, -0.25) is 14.7 Å². The first-order valence-corrected chi connectivity index (χ1v) is 14.3. The van der Waals surface area contributed by atoms with E-state index in [9.17, 15) is 22.8 Å². The molecule has 2 aliphatic rings. The van der Waals surface area contributed by atoms with Crippen molar-refractivity contribution in [1.29, 1.82) is 0 Å². The van der Waals surface area contributed by atoms with Crippen LogP contribution >= 0.6 is 0 Å². The molecule has 2 aromatic carbocycles. The molecule has 0 spiro atoms. The fourth-order valence-corrected chi connectivity index (χ4v) is 5.49. The second kappa shape index (κ2) is 13.0. The van der Waals surface area contributed by atoms with Gasteiger partial charge in [-0.1, -0.05) is 6.07 Å². The van der Waals surface area contributed by atoms with Crippen LogP contribution in [0.5, 0.6) is 11.5 Å². The molecule has 0 bridgehead atoms. The Bertz CT molecular complexity index is 1490. The zero-order valence-electron chi connectivity index (χ0n) is 24.2. The summed E-state index contributed by atoms with van der Waals surface area (Å²) < 4.78 is 48.1. The minimum atomic E-state index is -4.55. The molecule has 1 saturated heterocycles. The number of anilines is 2. The molecule has 1 aliphatic carbocycles. The largest absolute Gasteiger partial charge is 0.457 e. The van der Waals surface area contributed by atoms with Crippen molar-refractivity contribution < 1.29 is 27.5 Å². The number of halogens is 3. The minimum absolute atomic E-state index is 0.0605. The average Bonchev–Trinajstić information content (AvgIpc) is 2.99. The second-order valence-electron chi connectivity index (χ2n) is 10.9. The molecule has 3 N–H and O–H groups in total. The normalized spacial score (nSPS) is 15.8. The van der Waals surface area contributed by atoms with Gasteiger partial charge in [0.05, 0.1) is 5.56 Å². The number of nitrogens with one attached hydrogen (secondary N) is 3. The summed E-state index contributed by atoms with van der Waals surface area (Å²) in [6, 6.07) is 10.00. The lowest BCUT2D eigenvalue weighted by molar-refractivity contribution is -0.138. The van der Waals surface area contributed by atoms with Gasteiger partial charge >= 0.3 is 12.2 Å². The number of nitrogens with zero attached hydrogens (tertiary/aromatic N) is 3. The molecular formula is C31H35F3N6O3. The van der Waals surface area contributed by atoms with E-state index in [-0.39, 0.29) is 29.4 Å². The SMILES string of the molecule is CNC(=O)c1cc(Oc2ccc(NC(=O)Nc3ccc(CN4CCN(C)CC4)c(C(F)(F)F)c3)c3c2CCCC3)ccn1. The van der Waals surface area contributed by atoms with Crippen molar-refractivity contribution in [3.63, 3.8) is 0 Å². The molecule has 2 heterocycles. The Labute approximate surface area is 248 Å². The maximum atomic E-state index is 14.0. The summed E-state index contributed by atoms with van der Waals surface area (Å²) in [7, 11) is 3.52. The predicted octanol–water partition coefficient (Wildman–Crippen LogP) is 5.52. The number of hydrogen-bond acceptors (Lipinski definition) is 6. The highest BCUT2D eigenvalue weighted by Gasteiger charge is 2.34. The molecule has 1 fully saturated rings. The van der Waals surface area contributed by atoms with Crippen LogP contribution in [-0.4, -0.2) is 67.0 Å². The van der Waals surface area contributed by atoms with Crippen LogP contribution in [0.4, 0.5) is 29.3 Å². The molecule has 3 amide bonds. The number of pyridine rings is 1. The topological polar surface area (TPSA) is 98.8 Å². The number of carbonyl (C=O) groups excluding carboxylic acids is 2. The average molecular weight is 597 g/mol. The second-order valence-corrected chi connectivity index (χ2v) is 10.9. The molecule has 12 heteroatoms. The van der Waals surface area contributed by atoms with E-state index in [0.29, 0.717) is 36.7 Å². The number of likely N-dealkylation sites (N-methyl/N-ethyl adjacent to an activating group) is 1. The van der Waals surface area contributed by atoms with E-state index in [0.717, 1.165) is 49.5 Å².